The molecule has 0 unspecified atom stereocenters. The second kappa shape index (κ2) is 5.16. The minimum absolute atomic E-state index is 0.0819. The molecule has 1 aromatic carbocycles. The molecule has 0 amide bonds. The zero-order chi connectivity index (χ0) is 12.3. The fourth-order valence-corrected chi connectivity index (χ4v) is 2.05. The molecule has 0 aliphatic rings. The maximum Gasteiger partial charge on any atom is 0.269 e. The van der Waals surface area contributed by atoms with Crippen molar-refractivity contribution in [3.63, 3.8) is 0 Å². The van der Waals surface area contributed by atoms with Gasteiger partial charge in [0.05, 0.1) is 9.95 Å². The molecule has 17 heavy (non-hydrogen) atoms. The summed E-state index contributed by atoms with van der Waals surface area (Å²) in [7, 11) is 0. The number of aromatic nitrogens is 1. The molecule has 0 N–H and O–H groups in total. The first-order chi connectivity index (χ1) is 8.15. The summed E-state index contributed by atoms with van der Waals surface area (Å²) in [4.78, 5) is 15.1. The summed E-state index contributed by atoms with van der Waals surface area (Å²) in [6.45, 7) is 0. The van der Waals surface area contributed by atoms with Crippen molar-refractivity contribution >= 4 is 29.1 Å². The normalized spacial score (nSPS) is 10.2. The van der Waals surface area contributed by atoms with Gasteiger partial charge < -0.3 is 0 Å². The Morgan fingerprint density at radius 3 is 2.41 bits per heavy atom. The van der Waals surface area contributed by atoms with E-state index in [-0.39, 0.29) is 5.69 Å². The van der Waals surface area contributed by atoms with Crippen LogP contribution in [0.15, 0.2) is 52.5 Å². The van der Waals surface area contributed by atoms with E-state index in [1.54, 1.807) is 30.5 Å². The quantitative estimate of drug-likeness (QED) is 0.626. The van der Waals surface area contributed by atoms with E-state index < -0.39 is 4.92 Å². The summed E-state index contributed by atoms with van der Waals surface area (Å²) in [5.74, 6) is 0. The fourth-order valence-electron chi connectivity index (χ4n) is 1.18. The Balaban J connectivity index is 2.13. The number of benzene rings is 1. The first kappa shape index (κ1) is 11.9. The first-order valence-electron chi connectivity index (χ1n) is 4.69. The zero-order valence-corrected chi connectivity index (χ0v) is 10.1. The predicted molar refractivity (Wildman–Crippen MR) is 66.5 cm³/mol. The van der Waals surface area contributed by atoms with E-state index in [2.05, 4.69) is 4.98 Å². The first-order valence-corrected chi connectivity index (χ1v) is 5.88. The standard InChI is InChI=1S/C11H7ClN2O2S/c12-8-1-6-11(13-7-8)17-10-4-2-9(3-5-10)14(15)16/h1-7H. The molecule has 1 aromatic heterocycles. The van der Waals surface area contributed by atoms with Crippen LogP contribution in [0.3, 0.4) is 0 Å². The van der Waals surface area contributed by atoms with Crippen LogP contribution in [0.4, 0.5) is 5.69 Å². The Kier molecular flexibility index (Phi) is 3.61. The van der Waals surface area contributed by atoms with Gasteiger partial charge in [0.15, 0.2) is 0 Å². The molecule has 0 radical (unpaired) electrons. The van der Waals surface area contributed by atoms with Crippen molar-refractivity contribution in [3.8, 4) is 0 Å². The lowest BCUT2D eigenvalue weighted by Gasteiger charge is -2.00. The van der Waals surface area contributed by atoms with Gasteiger partial charge in [-0.3, -0.25) is 10.1 Å². The van der Waals surface area contributed by atoms with E-state index in [4.69, 9.17) is 11.6 Å². The molecule has 1 heterocycles. The molecule has 6 heteroatoms. The molecule has 0 aliphatic heterocycles. The largest absolute Gasteiger partial charge is 0.269 e. The maximum atomic E-state index is 10.5. The number of non-ortho nitro benzene ring substituents is 1. The fraction of sp³-hybridized carbons (Fsp3) is 0. The Bertz CT molecular complexity index is 528. The minimum Gasteiger partial charge on any atom is -0.258 e. The van der Waals surface area contributed by atoms with Crippen molar-refractivity contribution in [3.05, 3.63) is 57.7 Å². The van der Waals surface area contributed by atoms with Gasteiger partial charge in [-0.2, -0.15) is 0 Å². The molecular formula is C11H7ClN2O2S. The van der Waals surface area contributed by atoms with E-state index in [0.29, 0.717) is 5.02 Å². The number of rotatable bonds is 3. The Morgan fingerprint density at radius 1 is 1.18 bits per heavy atom. The van der Waals surface area contributed by atoms with Gasteiger partial charge in [-0.15, -0.1) is 0 Å². The lowest BCUT2D eigenvalue weighted by atomic mass is 10.3. The van der Waals surface area contributed by atoms with Crippen molar-refractivity contribution < 1.29 is 4.92 Å². The number of nitro benzene ring substituents is 1. The molecule has 0 aliphatic carbocycles. The van der Waals surface area contributed by atoms with Gasteiger partial charge in [-0.05, 0) is 24.3 Å². The molecule has 0 fully saturated rings. The highest BCUT2D eigenvalue weighted by molar-refractivity contribution is 7.99. The third-order valence-electron chi connectivity index (χ3n) is 1.97. The predicted octanol–water partition coefficient (Wildman–Crippen LogP) is 3.79. The average molecular weight is 267 g/mol. The topological polar surface area (TPSA) is 56.0 Å². The van der Waals surface area contributed by atoms with Crippen molar-refractivity contribution in [2.45, 2.75) is 9.92 Å². The molecule has 0 spiro atoms. The zero-order valence-electron chi connectivity index (χ0n) is 8.54. The third kappa shape index (κ3) is 3.18. The van der Waals surface area contributed by atoms with Gasteiger partial charge in [-0.1, -0.05) is 23.4 Å². The summed E-state index contributed by atoms with van der Waals surface area (Å²) in [5, 5.41) is 11.9. The Labute approximate surface area is 107 Å². The van der Waals surface area contributed by atoms with Crippen LogP contribution >= 0.6 is 23.4 Å². The van der Waals surface area contributed by atoms with Crippen molar-refractivity contribution in [1.29, 1.82) is 0 Å². The average Bonchev–Trinajstić information content (AvgIpc) is 2.33. The second-order valence-electron chi connectivity index (χ2n) is 3.17. The number of hydrogen-bond donors (Lipinski definition) is 0. The highest BCUT2D eigenvalue weighted by Crippen LogP contribution is 2.27. The van der Waals surface area contributed by atoms with Gasteiger partial charge in [0.25, 0.3) is 5.69 Å². The third-order valence-corrected chi connectivity index (χ3v) is 3.15. The Hall–Kier alpha value is -1.59. The van der Waals surface area contributed by atoms with E-state index in [9.17, 15) is 10.1 Å². The summed E-state index contributed by atoms with van der Waals surface area (Å²) in [6, 6.07) is 9.88. The molecule has 4 nitrogen and oxygen atoms in total. The molecule has 0 saturated heterocycles. The lowest BCUT2D eigenvalue weighted by Crippen LogP contribution is -1.86. The monoisotopic (exact) mass is 266 g/mol. The van der Waals surface area contributed by atoms with Gasteiger partial charge >= 0.3 is 0 Å². The summed E-state index contributed by atoms with van der Waals surface area (Å²) < 4.78 is 0. The highest BCUT2D eigenvalue weighted by atomic mass is 35.5. The van der Waals surface area contributed by atoms with Crippen LogP contribution in [0.2, 0.25) is 5.02 Å². The second-order valence-corrected chi connectivity index (χ2v) is 4.70. The van der Waals surface area contributed by atoms with Crippen LogP contribution in [-0.4, -0.2) is 9.91 Å². The SMILES string of the molecule is O=[N+]([O-])c1ccc(Sc2ccc(Cl)cn2)cc1. The number of nitro groups is 1. The van der Waals surface area contributed by atoms with E-state index >= 15 is 0 Å². The Morgan fingerprint density at radius 2 is 1.88 bits per heavy atom. The summed E-state index contributed by atoms with van der Waals surface area (Å²) >= 11 is 7.15. The molecule has 0 bridgehead atoms. The van der Waals surface area contributed by atoms with Gasteiger partial charge in [0.2, 0.25) is 0 Å². The summed E-state index contributed by atoms with van der Waals surface area (Å²) in [6.07, 6.45) is 1.56. The number of hydrogen-bond acceptors (Lipinski definition) is 4. The highest BCUT2D eigenvalue weighted by Gasteiger charge is 2.05. The smallest absolute Gasteiger partial charge is 0.258 e. The van der Waals surface area contributed by atoms with Gasteiger partial charge in [-0.25, -0.2) is 4.98 Å². The van der Waals surface area contributed by atoms with Crippen molar-refractivity contribution in [1.82, 2.24) is 4.98 Å². The van der Waals surface area contributed by atoms with E-state index in [1.165, 1.54) is 23.9 Å². The van der Waals surface area contributed by atoms with Crippen molar-refractivity contribution in [2.75, 3.05) is 0 Å². The van der Waals surface area contributed by atoms with Gasteiger partial charge in [0, 0.05) is 23.2 Å². The number of pyridine rings is 1. The number of nitrogens with zero attached hydrogens (tertiary/aromatic N) is 2. The van der Waals surface area contributed by atoms with Crippen LogP contribution in [-0.2, 0) is 0 Å². The molecule has 2 rings (SSSR count). The van der Waals surface area contributed by atoms with E-state index in [1.807, 2.05) is 0 Å². The minimum atomic E-state index is -0.422. The molecule has 0 atom stereocenters. The lowest BCUT2D eigenvalue weighted by molar-refractivity contribution is -0.384. The van der Waals surface area contributed by atoms with Crippen LogP contribution in [0.1, 0.15) is 0 Å². The molecular weight excluding hydrogens is 260 g/mol. The van der Waals surface area contributed by atoms with Crippen LogP contribution in [0, 0.1) is 10.1 Å². The van der Waals surface area contributed by atoms with Gasteiger partial charge in [0.1, 0.15) is 5.03 Å². The number of halogens is 1. The molecule has 2 aromatic rings. The molecule has 0 saturated carbocycles. The maximum absolute atomic E-state index is 10.5. The van der Waals surface area contributed by atoms with Crippen LogP contribution in [0.5, 0.6) is 0 Å². The van der Waals surface area contributed by atoms with Crippen LogP contribution < -0.4 is 0 Å². The van der Waals surface area contributed by atoms with Crippen molar-refractivity contribution in [2.24, 2.45) is 0 Å². The van der Waals surface area contributed by atoms with E-state index in [0.717, 1.165) is 9.92 Å². The van der Waals surface area contributed by atoms with Crippen LogP contribution in [0.25, 0.3) is 0 Å². The summed E-state index contributed by atoms with van der Waals surface area (Å²) in [5.41, 5.74) is 0.0819. The molecule has 86 valence electrons.